The molecular weight excluding hydrogens is 410 g/mol. The van der Waals surface area contributed by atoms with E-state index >= 15 is 0 Å². The van der Waals surface area contributed by atoms with Gasteiger partial charge in [0.2, 0.25) is 5.76 Å². The Hall–Kier alpha value is -3.16. The molecule has 0 amide bonds. The van der Waals surface area contributed by atoms with Crippen LogP contribution in [0.1, 0.15) is 25.8 Å². The van der Waals surface area contributed by atoms with Crippen molar-refractivity contribution < 1.29 is 28.6 Å². The molecule has 0 unspecified atom stereocenters. The molecule has 7 heteroatoms. The molecule has 2 heterocycles. The first-order chi connectivity index (χ1) is 15.3. The van der Waals surface area contributed by atoms with Gasteiger partial charge >= 0.3 is 11.9 Å². The number of nitrogens with zero attached hydrogens (tertiary/aromatic N) is 1. The summed E-state index contributed by atoms with van der Waals surface area (Å²) in [5, 5.41) is 3.75. The number of ether oxygens (including phenoxy) is 3. The van der Waals surface area contributed by atoms with E-state index in [0.29, 0.717) is 6.42 Å². The number of rotatable bonds is 5. The topological polar surface area (TPSA) is 74.3 Å². The number of hydrogen-bond acceptors (Lipinski definition) is 7. The molecule has 2 aliphatic rings. The molecule has 0 spiro atoms. The van der Waals surface area contributed by atoms with Crippen LogP contribution in [0.25, 0.3) is 16.8 Å². The van der Waals surface area contributed by atoms with Gasteiger partial charge in [0.05, 0.1) is 14.2 Å². The molecule has 0 aliphatic carbocycles. The van der Waals surface area contributed by atoms with Gasteiger partial charge in [0, 0.05) is 12.5 Å². The predicted octanol–water partition coefficient (Wildman–Crippen LogP) is 3.84. The molecule has 2 aromatic rings. The van der Waals surface area contributed by atoms with Gasteiger partial charge in [-0.3, -0.25) is 0 Å². The summed E-state index contributed by atoms with van der Waals surface area (Å²) in [4.78, 5) is 31.4. The highest BCUT2D eigenvalue weighted by Crippen LogP contribution is 2.55. The molecule has 2 aliphatic heterocycles. The van der Waals surface area contributed by atoms with Crippen LogP contribution in [-0.4, -0.2) is 50.1 Å². The Kier molecular flexibility index (Phi) is 5.56. The third-order valence-electron chi connectivity index (χ3n) is 6.20. The molecule has 1 fully saturated rings. The van der Waals surface area contributed by atoms with Crippen molar-refractivity contribution in [2.24, 2.45) is 5.41 Å². The van der Waals surface area contributed by atoms with Crippen molar-refractivity contribution >= 4 is 28.8 Å². The zero-order valence-electron chi connectivity index (χ0n) is 18.9. The Balaban J connectivity index is 1.92. The van der Waals surface area contributed by atoms with Crippen LogP contribution in [-0.2, 0) is 28.6 Å². The monoisotopic (exact) mass is 437 g/mol. The molecule has 0 aromatic heterocycles. The highest BCUT2D eigenvalue weighted by molar-refractivity contribution is 6.02. The van der Waals surface area contributed by atoms with E-state index in [2.05, 4.69) is 0 Å². The lowest BCUT2D eigenvalue weighted by atomic mass is 9.78. The van der Waals surface area contributed by atoms with Crippen molar-refractivity contribution in [2.75, 3.05) is 21.3 Å². The molecule has 4 rings (SSSR count). The Labute approximate surface area is 187 Å². The fourth-order valence-corrected chi connectivity index (χ4v) is 4.91. The van der Waals surface area contributed by atoms with E-state index in [0.717, 1.165) is 16.3 Å². The average Bonchev–Trinajstić information content (AvgIpc) is 3.21. The quantitative estimate of drug-likeness (QED) is 0.658. The van der Waals surface area contributed by atoms with Gasteiger partial charge in [-0.25, -0.2) is 9.59 Å². The Morgan fingerprint density at radius 3 is 2.41 bits per heavy atom. The van der Waals surface area contributed by atoms with E-state index in [1.165, 1.54) is 14.2 Å². The third kappa shape index (κ3) is 3.29. The van der Waals surface area contributed by atoms with E-state index in [9.17, 15) is 9.59 Å². The molecule has 0 bridgehead atoms. The van der Waals surface area contributed by atoms with Crippen molar-refractivity contribution in [3.8, 4) is 0 Å². The molecule has 0 N–H and O–H groups in total. The van der Waals surface area contributed by atoms with E-state index in [1.807, 2.05) is 68.5 Å². The number of methoxy groups -OCH3 is 3. The van der Waals surface area contributed by atoms with Crippen molar-refractivity contribution in [3.05, 3.63) is 65.4 Å². The second kappa shape index (κ2) is 8.07. The largest absolute Gasteiger partial charge is 0.465 e. The zero-order valence-corrected chi connectivity index (χ0v) is 18.9. The van der Waals surface area contributed by atoms with E-state index in [1.54, 1.807) is 12.2 Å². The highest BCUT2D eigenvalue weighted by atomic mass is 16.7. The normalized spacial score (nSPS) is 24.6. The molecule has 2 aromatic carbocycles. The molecule has 1 saturated heterocycles. The van der Waals surface area contributed by atoms with Crippen LogP contribution in [0.5, 0.6) is 0 Å². The summed E-state index contributed by atoms with van der Waals surface area (Å²) < 4.78 is 15.7. The second-order valence-electron chi connectivity index (χ2n) is 8.68. The van der Waals surface area contributed by atoms with Gasteiger partial charge in [-0.15, -0.1) is 0 Å². The third-order valence-corrected chi connectivity index (χ3v) is 6.20. The predicted molar refractivity (Wildman–Crippen MR) is 119 cm³/mol. The number of carbonyl (C=O) groups excluding carboxylic acids is 2. The Morgan fingerprint density at radius 2 is 1.72 bits per heavy atom. The average molecular weight is 437 g/mol. The summed E-state index contributed by atoms with van der Waals surface area (Å²) in [6.07, 6.45) is 3.81. The summed E-state index contributed by atoms with van der Waals surface area (Å²) >= 11 is 0. The van der Waals surface area contributed by atoms with Gasteiger partial charge in [-0.2, -0.15) is 0 Å². The zero-order chi connectivity index (χ0) is 23.1. The molecular formula is C25H27NO6. The number of hydrogen-bond donors (Lipinski definition) is 0. The van der Waals surface area contributed by atoms with Crippen LogP contribution in [0.15, 0.2) is 59.9 Å². The lowest BCUT2D eigenvalue weighted by Gasteiger charge is -2.31. The van der Waals surface area contributed by atoms with Gasteiger partial charge in [-0.1, -0.05) is 73.5 Å². The summed E-state index contributed by atoms with van der Waals surface area (Å²) in [5.74, 6) is -1.58. The first kappa shape index (κ1) is 22.0. The summed E-state index contributed by atoms with van der Waals surface area (Å²) in [6, 6.07) is 14.1. The minimum atomic E-state index is -1.07. The Bertz CT molecular complexity index is 1130. The van der Waals surface area contributed by atoms with E-state index < -0.39 is 29.1 Å². The Morgan fingerprint density at radius 1 is 1.03 bits per heavy atom. The molecule has 2 atom stereocenters. The van der Waals surface area contributed by atoms with E-state index in [4.69, 9.17) is 19.0 Å². The SMILES string of the molecule is COC(=O)C1=C(C(=O)OC)[C@]2(/C=C/c3cccc4ccccc34)CC(C)(C)[C@@H](OC)N2O1. The van der Waals surface area contributed by atoms with Gasteiger partial charge in [-0.05, 0) is 22.8 Å². The maximum absolute atomic E-state index is 13.0. The van der Waals surface area contributed by atoms with Crippen molar-refractivity contribution in [2.45, 2.75) is 32.0 Å². The first-order valence-electron chi connectivity index (χ1n) is 10.4. The summed E-state index contributed by atoms with van der Waals surface area (Å²) in [5.41, 5.74) is -0.376. The molecule has 0 saturated carbocycles. The second-order valence-corrected chi connectivity index (χ2v) is 8.68. The molecule has 168 valence electrons. The van der Waals surface area contributed by atoms with Crippen LogP contribution in [0.2, 0.25) is 0 Å². The fraction of sp³-hybridized carbons (Fsp3) is 0.360. The molecule has 0 radical (unpaired) electrons. The number of benzene rings is 2. The minimum absolute atomic E-state index is 0.107. The smallest absolute Gasteiger partial charge is 0.376 e. The van der Waals surface area contributed by atoms with Gasteiger partial charge in [0.25, 0.3) is 0 Å². The lowest BCUT2D eigenvalue weighted by molar-refractivity contribution is -0.231. The number of hydroxylamine groups is 2. The van der Waals surface area contributed by atoms with Gasteiger partial charge in [0.1, 0.15) is 17.3 Å². The highest BCUT2D eigenvalue weighted by Gasteiger charge is 2.65. The van der Waals surface area contributed by atoms with Crippen molar-refractivity contribution in [1.29, 1.82) is 0 Å². The summed E-state index contributed by atoms with van der Waals surface area (Å²) in [6.45, 7) is 4.06. The lowest BCUT2D eigenvalue weighted by Crippen LogP contribution is -2.45. The maximum Gasteiger partial charge on any atom is 0.376 e. The maximum atomic E-state index is 13.0. The summed E-state index contributed by atoms with van der Waals surface area (Å²) in [7, 11) is 4.10. The standard InChI is InChI=1S/C25H27NO6/c1-24(2)15-25(14-13-17-11-8-10-16-9-6-7-12-18(16)17)19(21(27)29-3)20(22(28)30-4)32-26(25)23(24)31-5/h6-14,23H,15H2,1-5H3/b14-13+/t23-,25+/m1/s1. The van der Waals surface area contributed by atoms with Crippen LogP contribution < -0.4 is 0 Å². The van der Waals surface area contributed by atoms with Crippen LogP contribution >= 0.6 is 0 Å². The van der Waals surface area contributed by atoms with E-state index in [-0.39, 0.29) is 11.3 Å². The fourth-order valence-electron chi connectivity index (χ4n) is 4.91. The van der Waals surface area contributed by atoms with Crippen LogP contribution in [0, 0.1) is 5.41 Å². The molecule has 7 nitrogen and oxygen atoms in total. The number of fused-ring (bicyclic) bond motifs is 2. The van der Waals surface area contributed by atoms with Crippen molar-refractivity contribution in [3.63, 3.8) is 0 Å². The van der Waals surface area contributed by atoms with Crippen LogP contribution in [0.3, 0.4) is 0 Å². The van der Waals surface area contributed by atoms with Crippen LogP contribution in [0.4, 0.5) is 0 Å². The van der Waals surface area contributed by atoms with Gasteiger partial charge in [0.15, 0.2) is 0 Å². The molecule has 32 heavy (non-hydrogen) atoms. The number of carbonyl (C=O) groups is 2. The first-order valence-corrected chi connectivity index (χ1v) is 10.4. The minimum Gasteiger partial charge on any atom is -0.465 e. The van der Waals surface area contributed by atoms with Gasteiger partial charge < -0.3 is 19.0 Å². The van der Waals surface area contributed by atoms with Crippen molar-refractivity contribution in [1.82, 2.24) is 5.06 Å². The number of esters is 2.